The molecule has 1 N–H and O–H groups in total. The lowest BCUT2D eigenvalue weighted by atomic mass is 10.0. The van der Waals surface area contributed by atoms with Crippen LogP contribution in [0.3, 0.4) is 0 Å². The van der Waals surface area contributed by atoms with Crippen molar-refractivity contribution in [2.75, 3.05) is 13.1 Å². The van der Waals surface area contributed by atoms with Gasteiger partial charge in [0, 0.05) is 25.2 Å². The van der Waals surface area contributed by atoms with Gasteiger partial charge in [-0.15, -0.1) is 0 Å². The second kappa shape index (κ2) is 5.83. The number of H-pyrrole nitrogens is 1. The van der Waals surface area contributed by atoms with E-state index in [0.717, 1.165) is 37.0 Å². The molecule has 3 rings (SSSR count). The van der Waals surface area contributed by atoms with E-state index in [2.05, 4.69) is 23.7 Å². The Bertz CT molecular complexity index is 618. The fraction of sp³-hybridized carbons (Fsp3) is 0.562. The van der Waals surface area contributed by atoms with E-state index in [1.165, 1.54) is 0 Å². The van der Waals surface area contributed by atoms with Crippen LogP contribution in [0.15, 0.2) is 29.1 Å². The van der Waals surface area contributed by atoms with E-state index in [-0.39, 0.29) is 13.1 Å². The van der Waals surface area contributed by atoms with Crippen molar-refractivity contribution < 1.29 is 0 Å². The SMILES string of the molecule is C.CC(C)N1CCC(n2c(=O)[nH]c3ccccc32)CC1. The van der Waals surface area contributed by atoms with Crippen molar-refractivity contribution in [2.24, 2.45) is 0 Å². The van der Waals surface area contributed by atoms with Crippen LogP contribution >= 0.6 is 0 Å². The Morgan fingerprint density at radius 1 is 1.20 bits per heavy atom. The molecule has 1 aromatic carbocycles. The number of nitrogens with zero attached hydrogens (tertiary/aromatic N) is 2. The van der Waals surface area contributed by atoms with Crippen molar-refractivity contribution in [3.63, 3.8) is 0 Å². The molecular weight excluding hydrogens is 250 g/mol. The summed E-state index contributed by atoms with van der Waals surface area (Å²) < 4.78 is 1.95. The predicted molar refractivity (Wildman–Crippen MR) is 84.3 cm³/mol. The molecule has 2 aromatic rings. The van der Waals surface area contributed by atoms with Crippen molar-refractivity contribution in [1.29, 1.82) is 0 Å². The number of aromatic amines is 1. The molecule has 4 nitrogen and oxygen atoms in total. The van der Waals surface area contributed by atoms with E-state index in [0.29, 0.717) is 12.1 Å². The van der Waals surface area contributed by atoms with Crippen LogP contribution in [0, 0.1) is 0 Å². The van der Waals surface area contributed by atoms with E-state index in [9.17, 15) is 4.79 Å². The van der Waals surface area contributed by atoms with Gasteiger partial charge in [0.2, 0.25) is 0 Å². The van der Waals surface area contributed by atoms with E-state index in [4.69, 9.17) is 0 Å². The van der Waals surface area contributed by atoms with Crippen LogP contribution in [0.2, 0.25) is 0 Å². The highest BCUT2D eigenvalue weighted by molar-refractivity contribution is 5.75. The highest BCUT2D eigenvalue weighted by atomic mass is 16.1. The van der Waals surface area contributed by atoms with Gasteiger partial charge < -0.3 is 9.88 Å². The zero-order valence-corrected chi connectivity index (χ0v) is 11.6. The molecule has 1 saturated heterocycles. The molecule has 0 unspecified atom stereocenters. The number of para-hydroxylation sites is 2. The Morgan fingerprint density at radius 2 is 1.85 bits per heavy atom. The Morgan fingerprint density at radius 3 is 2.50 bits per heavy atom. The summed E-state index contributed by atoms with van der Waals surface area (Å²) in [4.78, 5) is 17.6. The first kappa shape index (κ1) is 14.9. The Labute approximate surface area is 120 Å². The molecule has 1 aliphatic heterocycles. The van der Waals surface area contributed by atoms with Crippen LogP contribution in [-0.2, 0) is 0 Å². The lowest BCUT2D eigenvalue weighted by molar-refractivity contribution is 0.152. The number of rotatable bonds is 2. The molecule has 0 bridgehead atoms. The second-order valence-electron chi connectivity index (χ2n) is 5.68. The van der Waals surface area contributed by atoms with E-state index < -0.39 is 0 Å². The fourth-order valence-electron chi connectivity index (χ4n) is 3.10. The zero-order valence-electron chi connectivity index (χ0n) is 11.6. The first-order chi connectivity index (χ1) is 9.16. The van der Waals surface area contributed by atoms with Gasteiger partial charge in [-0.05, 0) is 38.8 Å². The molecule has 0 radical (unpaired) electrons. The summed E-state index contributed by atoms with van der Waals surface area (Å²) in [6.45, 7) is 6.62. The first-order valence-electron chi connectivity index (χ1n) is 7.10. The topological polar surface area (TPSA) is 41.0 Å². The molecule has 0 spiro atoms. The largest absolute Gasteiger partial charge is 0.326 e. The van der Waals surface area contributed by atoms with Crippen molar-refractivity contribution in [2.45, 2.75) is 46.2 Å². The molecule has 2 heterocycles. The molecule has 4 heteroatoms. The number of hydrogen-bond donors (Lipinski definition) is 1. The standard InChI is InChI=1S/C15H21N3O.CH4/c1-11(2)17-9-7-12(8-10-17)18-14-6-4-3-5-13(14)16-15(18)19;/h3-6,11-12H,7-10H2,1-2H3,(H,16,19);1H4. The summed E-state index contributed by atoms with van der Waals surface area (Å²) in [7, 11) is 0. The van der Waals surface area contributed by atoms with Crippen molar-refractivity contribution in [3.8, 4) is 0 Å². The highest BCUT2D eigenvalue weighted by Gasteiger charge is 2.24. The van der Waals surface area contributed by atoms with Gasteiger partial charge in [0.25, 0.3) is 0 Å². The summed E-state index contributed by atoms with van der Waals surface area (Å²) in [6, 6.07) is 8.89. The van der Waals surface area contributed by atoms with Crippen LogP contribution in [0.4, 0.5) is 0 Å². The summed E-state index contributed by atoms with van der Waals surface area (Å²) in [5.41, 5.74) is 2.01. The average Bonchev–Trinajstić information content (AvgIpc) is 2.74. The van der Waals surface area contributed by atoms with Gasteiger partial charge in [-0.3, -0.25) is 4.57 Å². The number of benzene rings is 1. The van der Waals surface area contributed by atoms with Crippen molar-refractivity contribution >= 4 is 11.0 Å². The zero-order chi connectivity index (χ0) is 13.4. The third-order valence-corrected chi connectivity index (χ3v) is 4.22. The lowest BCUT2D eigenvalue weighted by Crippen LogP contribution is -2.40. The van der Waals surface area contributed by atoms with Crippen LogP contribution in [0.5, 0.6) is 0 Å². The molecule has 110 valence electrons. The average molecular weight is 275 g/mol. The van der Waals surface area contributed by atoms with Crippen molar-refractivity contribution in [3.05, 3.63) is 34.7 Å². The molecule has 0 atom stereocenters. The van der Waals surface area contributed by atoms with Gasteiger partial charge in [0.05, 0.1) is 11.0 Å². The van der Waals surface area contributed by atoms with Crippen LogP contribution < -0.4 is 5.69 Å². The third kappa shape index (κ3) is 2.52. The number of fused-ring (bicyclic) bond motifs is 1. The molecule has 1 aliphatic rings. The molecule has 0 aliphatic carbocycles. The van der Waals surface area contributed by atoms with Gasteiger partial charge >= 0.3 is 5.69 Å². The minimum Gasteiger partial charge on any atom is -0.306 e. The number of likely N-dealkylation sites (tertiary alicyclic amines) is 1. The summed E-state index contributed by atoms with van der Waals surface area (Å²) in [5.74, 6) is 0. The van der Waals surface area contributed by atoms with Gasteiger partial charge in [0.1, 0.15) is 0 Å². The smallest absolute Gasteiger partial charge is 0.306 e. The van der Waals surface area contributed by atoms with Gasteiger partial charge in [-0.2, -0.15) is 0 Å². The maximum Gasteiger partial charge on any atom is 0.326 e. The highest BCUT2D eigenvalue weighted by Crippen LogP contribution is 2.25. The molecule has 0 amide bonds. The number of aromatic nitrogens is 2. The quantitative estimate of drug-likeness (QED) is 0.915. The number of imidazole rings is 1. The minimum absolute atomic E-state index is 0. The van der Waals surface area contributed by atoms with Crippen LogP contribution in [-0.4, -0.2) is 33.6 Å². The van der Waals surface area contributed by atoms with Crippen molar-refractivity contribution in [1.82, 2.24) is 14.5 Å². The summed E-state index contributed by atoms with van der Waals surface area (Å²) in [6.07, 6.45) is 2.11. The maximum atomic E-state index is 12.1. The van der Waals surface area contributed by atoms with Crippen LogP contribution in [0.25, 0.3) is 11.0 Å². The first-order valence-corrected chi connectivity index (χ1v) is 7.10. The van der Waals surface area contributed by atoms with E-state index in [1.54, 1.807) is 0 Å². The normalized spacial score (nSPS) is 17.6. The van der Waals surface area contributed by atoms with Gasteiger partial charge in [-0.1, -0.05) is 19.6 Å². The molecule has 20 heavy (non-hydrogen) atoms. The maximum absolute atomic E-state index is 12.1. The summed E-state index contributed by atoms with van der Waals surface area (Å²) >= 11 is 0. The Balaban J connectivity index is 0.00000147. The predicted octanol–water partition coefficient (Wildman–Crippen LogP) is 3.01. The number of nitrogens with one attached hydrogen (secondary N) is 1. The summed E-state index contributed by atoms with van der Waals surface area (Å²) in [5, 5.41) is 0. The molecule has 1 fully saturated rings. The minimum atomic E-state index is 0. The second-order valence-corrected chi connectivity index (χ2v) is 5.68. The molecular formula is C16H25N3O. The number of piperidine rings is 1. The third-order valence-electron chi connectivity index (χ3n) is 4.22. The monoisotopic (exact) mass is 275 g/mol. The van der Waals surface area contributed by atoms with E-state index in [1.807, 2.05) is 28.8 Å². The van der Waals surface area contributed by atoms with E-state index >= 15 is 0 Å². The number of hydrogen-bond acceptors (Lipinski definition) is 2. The Kier molecular flexibility index (Phi) is 4.33. The molecule has 1 aromatic heterocycles. The van der Waals surface area contributed by atoms with Gasteiger partial charge in [0.15, 0.2) is 0 Å². The molecule has 0 saturated carbocycles. The van der Waals surface area contributed by atoms with Gasteiger partial charge in [-0.25, -0.2) is 4.79 Å². The Hall–Kier alpha value is -1.55. The fourth-order valence-corrected chi connectivity index (χ4v) is 3.10. The lowest BCUT2D eigenvalue weighted by Gasteiger charge is -2.35. The van der Waals surface area contributed by atoms with Crippen LogP contribution in [0.1, 0.15) is 40.2 Å².